The smallest absolute Gasteiger partial charge is 0.140 e. The molecule has 0 aliphatic carbocycles. The van der Waals surface area contributed by atoms with Gasteiger partial charge in [0.05, 0.1) is 5.39 Å². The maximum absolute atomic E-state index is 4.67. The fraction of sp³-hybridized carbons (Fsp3) is 0.333. The van der Waals surface area contributed by atoms with Crippen LogP contribution >= 0.6 is 11.3 Å². The van der Waals surface area contributed by atoms with Crippen LogP contribution in [0.2, 0.25) is 0 Å². The zero-order valence-corrected chi connectivity index (χ0v) is 16.6. The normalized spacial score (nSPS) is 17.3. The second kappa shape index (κ2) is 7.31. The monoisotopic (exact) mass is 390 g/mol. The predicted molar refractivity (Wildman–Crippen MR) is 113 cm³/mol. The van der Waals surface area contributed by atoms with Gasteiger partial charge >= 0.3 is 0 Å². The summed E-state index contributed by atoms with van der Waals surface area (Å²) in [4.78, 5) is 13.9. The maximum atomic E-state index is 4.67. The second-order valence-electron chi connectivity index (χ2n) is 7.15. The highest BCUT2D eigenvalue weighted by Gasteiger charge is 2.27. The Morgan fingerprint density at radius 2 is 2.07 bits per heavy atom. The Kier molecular flexibility index (Phi) is 4.52. The van der Waals surface area contributed by atoms with E-state index in [1.807, 2.05) is 12.4 Å². The van der Waals surface area contributed by atoms with E-state index >= 15 is 0 Å². The average Bonchev–Trinajstić information content (AvgIpc) is 3.41. The lowest BCUT2D eigenvalue weighted by atomic mass is 9.97. The number of aryl methyl sites for hydroxylation is 1. The second-order valence-corrected chi connectivity index (χ2v) is 8.18. The molecule has 142 valence electrons. The molecule has 0 unspecified atom stereocenters. The van der Waals surface area contributed by atoms with E-state index in [-0.39, 0.29) is 0 Å². The molecule has 4 heterocycles. The molecule has 1 saturated heterocycles. The number of thiophene rings is 1. The van der Waals surface area contributed by atoms with Crippen molar-refractivity contribution in [2.45, 2.75) is 32.2 Å². The van der Waals surface area contributed by atoms with Crippen LogP contribution in [-0.2, 0) is 6.54 Å². The quantitative estimate of drug-likeness (QED) is 0.518. The number of nitrogens with zero attached hydrogens (tertiary/aromatic N) is 6. The van der Waals surface area contributed by atoms with Crippen LogP contribution in [0.3, 0.4) is 0 Å². The van der Waals surface area contributed by atoms with Gasteiger partial charge < -0.3 is 9.47 Å². The third-order valence-electron chi connectivity index (χ3n) is 5.44. The van der Waals surface area contributed by atoms with E-state index in [4.69, 9.17) is 0 Å². The van der Waals surface area contributed by atoms with Crippen LogP contribution in [0.1, 0.15) is 31.5 Å². The van der Waals surface area contributed by atoms with E-state index in [0.29, 0.717) is 5.92 Å². The summed E-state index contributed by atoms with van der Waals surface area (Å²) in [6, 6.07) is 12.7. The summed E-state index contributed by atoms with van der Waals surface area (Å²) in [7, 11) is 0. The highest BCUT2D eigenvalue weighted by atomic mass is 32.1. The van der Waals surface area contributed by atoms with Gasteiger partial charge in [0.2, 0.25) is 0 Å². The minimum atomic E-state index is 0.383. The van der Waals surface area contributed by atoms with Crippen LogP contribution in [-0.4, -0.2) is 37.8 Å². The van der Waals surface area contributed by atoms with Crippen molar-refractivity contribution in [2.75, 3.05) is 18.0 Å². The molecule has 4 aromatic rings. The van der Waals surface area contributed by atoms with E-state index in [1.54, 1.807) is 17.7 Å². The number of benzene rings is 1. The van der Waals surface area contributed by atoms with Crippen molar-refractivity contribution in [2.24, 2.45) is 0 Å². The van der Waals surface area contributed by atoms with Crippen LogP contribution in [0.5, 0.6) is 0 Å². The first kappa shape index (κ1) is 17.3. The molecular formula is C21H22N6S. The first-order valence-electron chi connectivity index (χ1n) is 9.76. The number of fused-ring (bicyclic) bond motifs is 1. The molecule has 0 radical (unpaired) electrons. The Morgan fingerprint density at radius 3 is 2.93 bits per heavy atom. The fourth-order valence-corrected chi connectivity index (χ4v) is 5.04. The summed E-state index contributed by atoms with van der Waals surface area (Å²) in [5.74, 6) is 2.51. The van der Waals surface area contributed by atoms with Gasteiger partial charge in [-0.2, -0.15) is 0 Å². The van der Waals surface area contributed by atoms with Gasteiger partial charge in [-0.05, 0) is 31.4 Å². The van der Waals surface area contributed by atoms with Crippen molar-refractivity contribution in [3.05, 3.63) is 54.9 Å². The zero-order valence-electron chi connectivity index (χ0n) is 15.8. The van der Waals surface area contributed by atoms with E-state index < -0.39 is 0 Å². The number of hydrogen-bond acceptors (Lipinski definition) is 6. The molecular weight excluding hydrogens is 368 g/mol. The molecule has 7 heteroatoms. The molecule has 1 aliphatic heterocycles. The van der Waals surface area contributed by atoms with Gasteiger partial charge in [-0.1, -0.05) is 30.3 Å². The summed E-state index contributed by atoms with van der Waals surface area (Å²) < 4.78 is 2.15. The average molecular weight is 391 g/mol. The van der Waals surface area contributed by atoms with Crippen molar-refractivity contribution in [3.8, 4) is 10.4 Å². The summed E-state index contributed by atoms with van der Waals surface area (Å²) in [6.07, 6.45) is 5.80. The summed E-state index contributed by atoms with van der Waals surface area (Å²) in [6.45, 7) is 4.97. The van der Waals surface area contributed by atoms with Gasteiger partial charge in [-0.3, -0.25) is 0 Å². The summed E-state index contributed by atoms with van der Waals surface area (Å²) >= 11 is 1.73. The third-order valence-corrected chi connectivity index (χ3v) is 6.53. The number of piperidine rings is 1. The number of anilines is 1. The van der Waals surface area contributed by atoms with Crippen LogP contribution in [0.25, 0.3) is 20.7 Å². The summed E-state index contributed by atoms with van der Waals surface area (Å²) in [5.41, 5.74) is 1.23. The van der Waals surface area contributed by atoms with Gasteiger partial charge in [0.1, 0.15) is 29.1 Å². The Morgan fingerprint density at radius 1 is 1.18 bits per heavy atom. The van der Waals surface area contributed by atoms with Gasteiger partial charge in [0.25, 0.3) is 0 Å². The molecule has 0 spiro atoms. The molecule has 6 nitrogen and oxygen atoms in total. The maximum Gasteiger partial charge on any atom is 0.140 e. The highest BCUT2D eigenvalue weighted by Crippen LogP contribution is 2.37. The summed E-state index contributed by atoms with van der Waals surface area (Å²) in [5, 5.41) is 9.67. The first-order chi connectivity index (χ1) is 13.8. The number of aromatic nitrogens is 5. The fourth-order valence-electron chi connectivity index (χ4n) is 4.04. The van der Waals surface area contributed by atoms with Gasteiger partial charge in [-0.25, -0.2) is 9.97 Å². The molecule has 3 aromatic heterocycles. The largest absolute Gasteiger partial charge is 0.355 e. The lowest BCUT2D eigenvalue weighted by Crippen LogP contribution is -2.36. The van der Waals surface area contributed by atoms with E-state index in [1.165, 1.54) is 10.4 Å². The van der Waals surface area contributed by atoms with Crippen LogP contribution in [0.4, 0.5) is 5.82 Å². The van der Waals surface area contributed by atoms with Crippen molar-refractivity contribution in [3.63, 3.8) is 0 Å². The van der Waals surface area contributed by atoms with Gasteiger partial charge in [0.15, 0.2) is 0 Å². The molecule has 0 bridgehead atoms. The van der Waals surface area contributed by atoms with Crippen LogP contribution in [0.15, 0.2) is 49.1 Å². The van der Waals surface area contributed by atoms with E-state index in [0.717, 1.165) is 54.3 Å². The lowest BCUT2D eigenvalue weighted by molar-refractivity contribution is 0.471. The molecule has 0 N–H and O–H groups in total. The Labute approximate surface area is 167 Å². The molecule has 1 aliphatic rings. The molecule has 0 saturated carbocycles. The zero-order chi connectivity index (χ0) is 18.9. The van der Waals surface area contributed by atoms with Crippen molar-refractivity contribution in [1.82, 2.24) is 24.7 Å². The van der Waals surface area contributed by atoms with Crippen molar-refractivity contribution >= 4 is 27.4 Å². The highest BCUT2D eigenvalue weighted by molar-refractivity contribution is 7.21. The Balaban J connectivity index is 1.49. The molecule has 28 heavy (non-hydrogen) atoms. The lowest BCUT2D eigenvalue weighted by Gasteiger charge is -2.33. The first-order valence-corrected chi connectivity index (χ1v) is 10.6. The van der Waals surface area contributed by atoms with Crippen molar-refractivity contribution < 1.29 is 0 Å². The standard InChI is InChI=1S/C21H22N6S/c1-2-26-14-24-25-19(26)16-9-6-10-27(12-16)20-17-11-18(15-7-4-3-5-8-15)28-21(17)23-13-22-20/h3-5,7-8,11,13-14,16H,2,6,9-10,12H2,1H3/t16-/m0/s1. The topological polar surface area (TPSA) is 59.7 Å². The predicted octanol–water partition coefficient (Wildman–Crippen LogP) is 4.35. The Hall–Kier alpha value is -2.80. The minimum Gasteiger partial charge on any atom is -0.355 e. The molecule has 1 aromatic carbocycles. The molecule has 0 amide bonds. The molecule has 1 fully saturated rings. The molecule has 1 atom stereocenters. The van der Waals surface area contributed by atoms with E-state index in [2.05, 4.69) is 66.9 Å². The Bertz CT molecular complexity index is 1090. The van der Waals surface area contributed by atoms with Gasteiger partial charge in [0, 0.05) is 30.4 Å². The molecule has 5 rings (SSSR count). The van der Waals surface area contributed by atoms with Crippen molar-refractivity contribution in [1.29, 1.82) is 0 Å². The van der Waals surface area contributed by atoms with E-state index in [9.17, 15) is 0 Å². The van der Waals surface area contributed by atoms with Gasteiger partial charge in [-0.15, -0.1) is 21.5 Å². The third kappa shape index (κ3) is 3.05. The SMILES string of the molecule is CCn1cnnc1[C@H]1CCCN(c2ncnc3sc(-c4ccccc4)cc23)C1. The number of rotatable bonds is 4. The number of hydrogen-bond donors (Lipinski definition) is 0. The minimum absolute atomic E-state index is 0.383. The van der Waals surface area contributed by atoms with Crippen LogP contribution in [0, 0.1) is 0 Å². The van der Waals surface area contributed by atoms with Crippen LogP contribution < -0.4 is 4.90 Å².